The summed E-state index contributed by atoms with van der Waals surface area (Å²) in [5.74, 6) is -22.0. The number of carbonyl (C=O) groups is 11. The second-order valence-electron chi connectivity index (χ2n) is 35.6. The molecule has 7 amide bonds. The second kappa shape index (κ2) is 44.8. The van der Waals surface area contributed by atoms with Gasteiger partial charge in [-0.1, -0.05) is 24.3 Å². The third-order valence-electron chi connectivity index (χ3n) is 20.8. The Bertz CT molecular complexity index is 6140. The number of aromatic nitrogens is 4. The number of ether oxygens (including phenoxy) is 4. The monoisotopic (exact) mass is 2060 g/mol. The molecule has 3 radical (unpaired) electrons. The molecule has 0 unspecified atom stereocenters. The predicted molar refractivity (Wildman–Crippen MR) is 490 cm³/mol. The first-order chi connectivity index (χ1) is 65.6. The van der Waals surface area contributed by atoms with Crippen LogP contribution in [-0.2, 0) is 52.5 Å². The van der Waals surface area contributed by atoms with Crippen molar-refractivity contribution >= 4 is 142 Å². The van der Waals surface area contributed by atoms with Crippen LogP contribution in [0.15, 0.2) is 160 Å². The van der Waals surface area contributed by atoms with Gasteiger partial charge in [-0.05, 0) is 135 Å². The molecular weight excluding hydrogens is 1980 g/mol. The Kier molecular flexibility index (Phi) is 35.1. The first-order valence-corrected chi connectivity index (χ1v) is 45.9. The van der Waals surface area contributed by atoms with E-state index in [4.69, 9.17) is 18.9 Å². The van der Waals surface area contributed by atoms with E-state index in [9.17, 15) is 111 Å². The predicted octanol–water partition coefficient (Wildman–Crippen LogP) is 12.6. The molecule has 0 spiro atoms. The van der Waals surface area contributed by atoms with Crippen molar-refractivity contribution in [2.75, 3.05) is 6.61 Å². The van der Waals surface area contributed by atoms with Crippen molar-refractivity contribution in [2.24, 2.45) is 20.0 Å². The number of Topliss-reactive ketones (excluding diaryl/α,β-unsaturated/α-hetero) is 4. The Balaban J connectivity index is 0.000000211. The van der Waals surface area contributed by atoms with Crippen LogP contribution in [0, 0.1) is 69.8 Å². The first-order valence-electron chi connectivity index (χ1n) is 42.4. The summed E-state index contributed by atoms with van der Waals surface area (Å²) in [6.07, 6.45) is 2.15. The van der Waals surface area contributed by atoms with Gasteiger partial charge in [0.25, 0.3) is 17.7 Å². The molecule has 15 rings (SSSR count). The molecule has 6 N–H and O–H groups in total. The number of thiazole rings is 4. The molecule has 142 heavy (non-hydrogen) atoms. The molecule has 8 atom stereocenters. The van der Waals surface area contributed by atoms with Gasteiger partial charge in [0, 0.05) is 148 Å². The van der Waals surface area contributed by atoms with Gasteiger partial charge in [-0.3, -0.25) is 68.2 Å². The maximum absolute atomic E-state index is 14.8. The zero-order valence-electron chi connectivity index (χ0n) is 79.6. The fraction of sp³-hybridized carbons (Fsp3) is 0.359. The summed E-state index contributed by atoms with van der Waals surface area (Å²) in [5, 5.41) is 30.7. The van der Waals surface area contributed by atoms with E-state index >= 15 is 0 Å². The number of aliphatic imine (C=N–C) groups is 4. The molecular formula is C92H89BF12N16NaO16S4. The molecule has 0 aliphatic carbocycles. The van der Waals surface area contributed by atoms with E-state index in [2.05, 4.69) is 66.5 Å². The quantitative estimate of drug-likeness (QED) is 0.0189. The molecule has 745 valence electrons. The first kappa shape index (κ1) is 111. The molecule has 3 fully saturated rings. The van der Waals surface area contributed by atoms with Crippen LogP contribution in [0.5, 0.6) is 0 Å². The second-order valence-corrected chi connectivity index (χ2v) is 39.2. The third-order valence-corrected chi connectivity index (χ3v) is 23.8. The van der Waals surface area contributed by atoms with Crippen LogP contribution < -0.4 is 56.1 Å². The molecule has 3 saturated heterocycles. The van der Waals surface area contributed by atoms with Crippen molar-refractivity contribution in [2.45, 2.75) is 207 Å². The number of fused-ring (bicyclic) bond motifs is 3. The summed E-state index contributed by atoms with van der Waals surface area (Å²) >= 11 is 4.62. The number of carbonyl (C=O) groups excluding carboxylic acids is 11. The van der Waals surface area contributed by atoms with Gasteiger partial charge in [0.05, 0.1) is 12.6 Å². The van der Waals surface area contributed by atoms with E-state index in [0.717, 1.165) is 97.2 Å². The van der Waals surface area contributed by atoms with Crippen LogP contribution in [0.1, 0.15) is 204 Å². The maximum Gasteiger partial charge on any atom is 1.00 e. The molecule has 4 aromatic heterocycles. The van der Waals surface area contributed by atoms with E-state index in [0.29, 0.717) is 5.01 Å². The normalized spacial score (nSPS) is 19.0. The fourth-order valence-corrected chi connectivity index (χ4v) is 17.8. The summed E-state index contributed by atoms with van der Waals surface area (Å²) in [7, 11) is 0. The Morgan fingerprint density at radius 1 is 0.401 bits per heavy atom. The van der Waals surface area contributed by atoms with Gasteiger partial charge in [0.1, 0.15) is 64.7 Å². The Morgan fingerprint density at radius 2 is 0.655 bits per heavy atom. The largest absolute Gasteiger partial charge is 1.00 e. The molecule has 0 saturated carbocycles. The third kappa shape index (κ3) is 24.9. The minimum Gasteiger partial charge on any atom is -1.00 e. The Hall–Kier alpha value is -12.8. The number of amidine groups is 4. The summed E-state index contributed by atoms with van der Waals surface area (Å²) < 4.78 is 191. The average molecular weight is 2060 g/mol. The number of hydrogen-bond donors (Lipinski definition) is 6. The smallest absolute Gasteiger partial charge is 1.00 e. The topological polar surface area (TPSA) is 416 Å². The molecule has 8 aromatic rings. The number of rotatable bonds is 19. The van der Waals surface area contributed by atoms with Gasteiger partial charge in [0.2, 0.25) is 0 Å². The molecule has 4 aromatic carbocycles. The van der Waals surface area contributed by atoms with Crippen LogP contribution in [0.25, 0.3) is 0 Å². The summed E-state index contributed by atoms with van der Waals surface area (Å²) in [6, 6.07) is -2.57. The van der Waals surface area contributed by atoms with Crippen LogP contribution in [0.2, 0.25) is 0 Å². The van der Waals surface area contributed by atoms with Gasteiger partial charge in [0.15, 0.2) is 136 Å². The number of benzene rings is 4. The van der Waals surface area contributed by atoms with Crippen LogP contribution >= 0.6 is 45.3 Å². The van der Waals surface area contributed by atoms with Gasteiger partial charge in [-0.25, -0.2) is 91.8 Å². The Morgan fingerprint density at radius 3 is 0.894 bits per heavy atom. The Labute approximate surface area is 844 Å². The average Bonchev–Trinajstić information content (AvgIpc) is 1.60. The minimum absolute atomic E-state index is 0. The van der Waals surface area contributed by atoms with E-state index < -0.39 is 212 Å². The summed E-state index contributed by atoms with van der Waals surface area (Å²) in [5.41, 5.74) is -4.22. The molecule has 50 heteroatoms. The zero-order valence-corrected chi connectivity index (χ0v) is 83.9. The molecule has 32 nitrogen and oxygen atoms in total. The number of halogens is 12. The van der Waals surface area contributed by atoms with Crippen molar-refractivity contribution < 1.29 is 160 Å². The number of alkyl carbamates (subject to hydrolysis) is 4. The van der Waals surface area contributed by atoms with Crippen molar-refractivity contribution in [3.8, 4) is 0 Å². The summed E-state index contributed by atoms with van der Waals surface area (Å²) in [4.78, 5) is 178. The van der Waals surface area contributed by atoms with Crippen molar-refractivity contribution in [3.05, 3.63) is 252 Å². The number of nitrogens with zero attached hydrogens (tertiary/aromatic N) is 11. The number of aliphatic hydroxyl groups is 1. The number of aliphatic hydroxyl groups excluding tert-OH is 1. The van der Waals surface area contributed by atoms with Crippen LogP contribution in [0.4, 0.5) is 71.9 Å². The molecule has 7 aliphatic heterocycles. The van der Waals surface area contributed by atoms with Gasteiger partial charge in [-0.15, -0.1) is 45.3 Å². The summed E-state index contributed by atoms with van der Waals surface area (Å²) in [6.45, 7) is 24.3. The van der Waals surface area contributed by atoms with Crippen molar-refractivity contribution in [1.29, 1.82) is 0 Å². The van der Waals surface area contributed by atoms with E-state index in [1.54, 1.807) is 105 Å². The van der Waals surface area contributed by atoms with Crippen molar-refractivity contribution in [1.82, 2.24) is 61.2 Å². The number of hydrogen-bond acceptors (Lipinski definition) is 29. The standard InChI is InChI=1S/3C23H21F3N4O4S.C23H25F3N4O4S.B.Na.H/c3*1-10(31)15-14-9-13(28-22(33)34-23(2,3)4)21(32)30(14)19(20-27-7-8-35-20)29-18(15)11-5-6-12(24)17(26)16(11)25;1-11(32)16-15(9-12(10-31)28-22(33)34-23(2,3)4)29-20(21-27-7-8-35-21)30-19(16)13-5-6-14(24)18(26)17(13)25;;;/h3*5-8,13,18H,9H2,1-4H3,(H,28,33);5-8,12,19,31H,9-10H2,1-4H3,(H,28,33)(H,29,30);;;/q;;;;;+1;-1/t13-,18+;2*13-,18-;12-,19-;;;/m0000.../s1. The van der Waals surface area contributed by atoms with Gasteiger partial charge >= 0.3 is 53.9 Å². The fourth-order valence-electron chi connectivity index (χ4n) is 15.3. The van der Waals surface area contributed by atoms with Gasteiger partial charge in [-0.2, -0.15) is 0 Å². The van der Waals surface area contributed by atoms with E-state index in [-0.39, 0.29) is 171 Å². The van der Waals surface area contributed by atoms with Crippen LogP contribution in [-0.4, -0.2) is 190 Å². The van der Waals surface area contributed by atoms with Crippen molar-refractivity contribution in [3.63, 3.8) is 0 Å². The van der Waals surface area contributed by atoms with Crippen LogP contribution in [0.3, 0.4) is 0 Å². The molecule has 0 bridgehead atoms. The van der Waals surface area contributed by atoms with Gasteiger partial charge < -0.3 is 52.1 Å². The molecule has 7 aliphatic rings. The van der Waals surface area contributed by atoms with E-state index in [1.165, 1.54) is 63.8 Å². The van der Waals surface area contributed by atoms with E-state index in [1.807, 2.05) is 0 Å². The molecule has 11 heterocycles. The number of amides is 7. The number of ketones is 4. The number of nitrogens with one attached hydrogen (secondary N) is 5. The zero-order chi connectivity index (χ0) is 103. The maximum atomic E-state index is 14.8. The minimum atomic E-state index is -1.70. The SMILES string of the molecule is CC(=O)C1=C(C[C@@H](CO)NC(=O)OC(C)(C)C)NC(c2nccs2)=N[C@H]1c1ccc(F)c(F)c1F.CC(=O)C1=C2C[C@H](NC(=O)OC(C)(C)C)C(=O)N2C(c2nccs2)=N[C@@H]1c1ccc(F)c(F)c1F.CC(=O)C1=C2C[C@H](NC(=O)OC(C)(C)C)C(=O)N2C(c2nccs2)=N[C@H]1c1ccc(F)c(F)c1F.CC(=O)C1=C2C[C@H](NC(=O)OC(C)(C)C)C(=O)N2C(c2nccs2)=N[C@H]1c1ccc(F)c(F)c1F.[B].[H-].[Na+].